The van der Waals surface area contributed by atoms with E-state index in [1.54, 1.807) is 0 Å². The summed E-state index contributed by atoms with van der Waals surface area (Å²) in [5.74, 6) is 1.43. The number of nitrogens with zero attached hydrogens (tertiary/aromatic N) is 2. The van der Waals surface area contributed by atoms with Gasteiger partial charge in [0.2, 0.25) is 0 Å². The highest BCUT2D eigenvalue weighted by atomic mass is 19.1. The molecule has 0 aromatic heterocycles. The zero-order valence-corrected chi connectivity index (χ0v) is 9.69. The van der Waals surface area contributed by atoms with Crippen LogP contribution in [0.5, 0.6) is 0 Å². The largest absolute Gasteiger partial charge is 0.274 e. The van der Waals surface area contributed by atoms with Crippen molar-refractivity contribution in [2.75, 3.05) is 0 Å². The van der Waals surface area contributed by atoms with Crippen LogP contribution >= 0.6 is 0 Å². The van der Waals surface area contributed by atoms with Crippen LogP contribution in [0, 0.1) is 29.1 Å². The molecule has 0 radical (unpaired) electrons. The molecule has 3 unspecified atom stereocenters. The molecule has 4 bridgehead atoms. The van der Waals surface area contributed by atoms with Crippen molar-refractivity contribution in [3.05, 3.63) is 12.2 Å². The second-order valence-corrected chi connectivity index (χ2v) is 6.28. The second kappa shape index (κ2) is 2.80. The van der Waals surface area contributed by atoms with Crippen LogP contribution < -0.4 is 0 Å². The number of alkyl halides is 1. The van der Waals surface area contributed by atoms with Gasteiger partial charge in [-0.05, 0) is 55.9 Å². The summed E-state index contributed by atoms with van der Waals surface area (Å²) in [6, 6.07) is 2.02. The maximum absolute atomic E-state index is 14.5. The number of rotatable bonds is 1. The second-order valence-electron chi connectivity index (χ2n) is 6.28. The highest BCUT2D eigenvalue weighted by Crippen LogP contribution is 2.66. The zero-order chi connectivity index (χ0) is 11.7. The van der Waals surface area contributed by atoms with Gasteiger partial charge in [-0.2, -0.15) is 5.26 Å². The molecule has 88 valence electrons. The Morgan fingerprint density at radius 2 is 2.00 bits per heavy atom. The maximum atomic E-state index is 14.5. The number of aliphatic imine (C=N–C) groups is 1. The van der Waals surface area contributed by atoms with Crippen LogP contribution in [-0.2, 0) is 0 Å². The van der Waals surface area contributed by atoms with E-state index in [9.17, 15) is 4.39 Å². The first kappa shape index (κ1) is 9.82. The van der Waals surface area contributed by atoms with Crippen molar-refractivity contribution < 1.29 is 4.39 Å². The van der Waals surface area contributed by atoms with Crippen molar-refractivity contribution in [3.63, 3.8) is 0 Å². The Labute approximate surface area is 100 Å². The summed E-state index contributed by atoms with van der Waals surface area (Å²) >= 11 is 0. The van der Waals surface area contributed by atoms with Gasteiger partial charge in [0.25, 0.3) is 0 Å². The zero-order valence-electron chi connectivity index (χ0n) is 9.69. The molecule has 5 atom stereocenters. The molecule has 3 heteroatoms. The van der Waals surface area contributed by atoms with Gasteiger partial charge < -0.3 is 0 Å². The number of nitriles is 1. The van der Waals surface area contributed by atoms with Gasteiger partial charge in [0.1, 0.15) is 11.2 Å². The summed E-state index contributed by atoms with van der Waals surface area (Å²) in [5, 5.41) is 8.57. The first-order valence-electron chi connectivity index (χ1n) is 6.52. The fourth-order valence-electron chi connectivity index (χ4n) is 4.95. The number of hydrogen-bond acceptors (Lipinski definition) is 2. The Morgan fingerprint density at radius 1 is 1.29 bits per heavy atom. The average Bonchev–Trinajstić information content (AvgIpc) is 2.97. The lowest BCUT2D eigenvalue weighted by atomic mass is 9.49. The van der Waals surface area contributed by atoms with Crippen LogP contribution in [0.15, 0.2) is 17.1 Å². The molecule has 2 nitrogen and oxygen atoms in total. The summed E-state index contributed by atoms with van der Waals surface area (Å²) in [6.07, 6.45) is 7.84. The van der Waals surface area contributed by atoms with Crippen LogP contribution in [0.25, 0.3) is 0 Å². The lowest BCUT2D eigenvalue weighted by Crippen LogP contribution is -2.58. The fourth-order valence-corrected chi connectivity index (χ4v) is 4.95. The van der Waals surface area contributed by atoms with Crippen LogP contribution in [0.3, 0.4) is 0 Å². The standard InChI is InChI=1S/C14H15FN2/c15-13-6-9-4-10(7-13)14(11(5-9)8-13)12(17-14)2-1-3-16/h1-2,9-11H,4-8H2/b2-1+/t9?,10-,11+,13?,14?. The van der Waals surface area contributed by atoms with E-state index in [1.165, 1.54) is 6.08 Å². The monoisotopic (exact) mass is 230 g/mol. The summed E-state index contributed by atoms with van der Waals surface area (Å²) in [6.45, 7) is 0. The lowest BCUT2D eigenvalue weighted by molar-refractivity contribution is -0.0903. The van der Waals surface area contributed by atoms with E-state index < -0.39 is 5.67 Å². The van der Waals surface area contributed by atoms with E-state index in [2.05, 4.69) is 4.99 Å². The molecule has 4 aliphatic carbocycles. The van der Waals surface area contributed by atoms with Crippen molar-refractivity contribution in [1.82, 2.24) is 0 Å². The SMILES string of the molecule is N#C/C=C/C1=NC12[C@@H]1CC3C[C@H]2CC(F)(C3)C1. The highest BCUT2D eigenvalue weighted by Gasteiger charge is 2.68. The van der Waals surface area contributed by atoms with Crippen molar-refractivity contribution in [1.29, 1.82) is 5.26 Å². The minimum Gasteiger partial charge on any atom is -0.274 e. The molecule has 5 rings (SSSR count). The molecule has 5 aliphatic rings. The molecule has 0 N–H and O–H groups in total. The Bertz CT molecular complexity index is 469. The van der Waals surface area contributed by atoms with Crippen LogP contribution in [0.4, 0.5) is 4.39 Å². The summed E-state index contributed by atoms with van der Waals surface area (Å²) in [4.78, 5) is 4.67. The van der Waals surface area contributed by atoms with E-state index in [0.717, 1.165) is 25.0 Å². The molecular weight excluding hydrogens is 215 g/mol. The fraction of sp³-hybridized carbons (Fsp3) is 0.714. The first-order chi connectivity index (χ1) is 8.16. The Balaban J connectivity index is 1.65. The highest BCUT2D eigenvalue weighted by molar-refractivity contribution is 6.14. The Hall–Kier alpha value is -1.17. The Morgan fingerprint density at radius 3 is 2.59 bits per heavy atom. The quantitative estimate of drug-likeness (QED) is 0.638. The van der Waals surface area contributed by atoms with E-state index in [-0.39, 0.29) is 5.54 Å². The molecule has 4 fully saturated rings. The van der Waals surface area contributed by atoms with Crippen LogP contribution in [-0.4, -0.2) is 16.9 Å². The third-order valence-corrected chi connectivity index (χ3v) is 5.34. The predicted molar refractivity (Wildman–Crippen MR) is 62.3 cm³/mol. The first-order valence-corrected chi connectivity index (χ1v) is 6.52. The van der Waals surface area contributed by atoms with Gasteiger partial charge in [-0.15, -0.1) is 0 Å². The lowest BCUT2D eigenvalue weighted by Gasteiger charge is -2.57. The van der Waals surface area contributed by atoms with E-state index >= 15 is 0 Å². The molecule has 1 heterocycles. The summed E-state index contributed by atoms with van der Waals surface area (Å²) in [7, 11) is 0. The summed E-state index contributed by atoms with van der Waals surface area (Å²) in [5.41, 5.74) is 0.139. The molecule has 1 spiro atoms. The van der Waals surface area contributed by atoms with Gasteiger partial charge in [0.15, 0.2) is 0 Å². The van der Waals surface area contributed by atoms with E-state index in [0.29, 0.717) is 30.6 Å². The van der Waals surface area contributed by atoms with Crippen molar-refractivity contribution in [2.45, 2.75) is 43.3 Å². The number of allylic oxidation sites excluding steroid dienone is 1. The number of hydrogen-bond donors (Lipinski definition) is 0. The van der Waals surface area contributed by atoms with Gasteiger partial charge in [0, 0.05) is 6.08 Å². The normalized spacial score (nSPS) is 54.1. The van der Waals surface area contributed by atoms with E-state index in [4.69, 9.17) is 5.26 Å². The van der Waals surface area contributed by atoms with Crippen molar-refractivity contribution in [2.24, 2.45) is 22.7 Å². The molecular formula is C14H15FN2. The van der Waals surface area contributed by atoms with Crippen molar-refractivity contribution >= 4 is 5.71 Å². The molecule has 0 saturated heterocycles. The molecule has 4 saturated carbocycles. The summed E-state index contributed by atoms with van der Waals surface area (Å²) < 4.78 is 14.5. The van der Waals surface area contributed by atoms with Gasteiger partial charge >= 0.3 is 0 Å². The average molecular weight is 230 g/mol. The molecule has 0 aromatic rings. The predicted octanol–water partition coefficient (Wildman–Crippen LogP) is 2.81. The minimum atomic E-state index is -0.885. The maximum Gasteiger partial charge on any atom is 0.112 e. The van der Waals surface area contributed by atoms with Gasteiger partial charge in [-0.3, -0.25) is 4.99 Å². The van der Waals surface area contributed by atoms with Crippen LogP contribution in [0.2, 0.25) is 0 Å². The third-order valence-electron chi connectivity index (χ3n) is 5.34. The molecule has 1 aliphatic heterocycles. The minimum absolute atomic E-state index is 0.0418. The van der Waals surface area contributed by atoms with Gasteiger partial charge in [0.05, 0.1) is 11.8 Å². The molecule has 17 heavy (non-hydrogen) atoms. The number of halogens is 1. The molecule has 0 amide bonds. The smallest absolute Gasteiger partial charge is 0.112 e. The molecule has 0 aromatic carbocycles. The van der Waals surface area contributed by atoms with Crippen LogP contribution in [0.1, 0.15) is 32.1 Å². The van der Waals surface area contributed by atoms with Gasteiger partial charge in [-0.1, -0.05) is 0 Å². The van der Waals surface area contributed by atoms with E-state index in [1.807, 2.05) is 12.1 Å². The van der Waals surface area contributed by atoms with Gasteiger partial charge in [-0.25, -0.2) is 4.39 Å². The third kappa shape index (κ3) is 1.11. The topological polar surface area (TPSA) is 36.1 Å². The Kier molecular flexibility index (Phi) is 1.62. The van der Waals surface area contributed by atoms with Crippen molar-refractivity contribution in [3.8, 4) is 6.07 Å².